The second-order valence-electron chi connectivity index (χ2n) is 6.94. The molecule has 2 aliphatic rings. The first-order chi connectivity index (χ1) is 11.3. The maximum Gasteiger partial charge on any atom is 0.407 e. The van der Waals surface area contributed by atoms with Crippen molar-refractivity contribution in [1.29, 1.82) is 0 Å². The van der Waals surface area contributed by atoms with Crippen molar-refractivity contribution < 1.29 is 19.1 Å². The number of methoxy groups -OCH3 is 1. The summed E-state index contributed by atoms with van der Waals surface area (Å²) in [5.41, 5.74) is 5.69. The highest BCUT2D eigenvalue weighted by Crippen LogP contribution is 2.38. The SMILES string of the molecule is COC(=O)NC(C(=O)N1CCC2CCC(NNC(C)=O)C21)C(C)C. The van der Waals surface area contributed by atoms with Gasteiger partial charge < -0.3 is 15.0 Å². The van der Waals surface area contributed by atoms with Crippen molar-refractivity contribution >= 4 is 17.9 Å². The van der Waals surface area contributed by atoms with Gasteiger partial charge in [0.1, 0.15) is 6.04 Å². The van der Waals surface area contributed by atoms with Crippen LogP contribution < -0.4 is 16.2 Å². The molecule has 0 aromatic heterocycles. The molecule has 0 radical (unpaired) electrons. The Labute approximate surface area is 142 Å². The predicted molar refractivity (Wildman–Crippen MR) is 87.7 cm³/mol. The molecule has 1 aliphatic heterocycles. The number of nitrogens with one attached hydrogen (secondary N) is 3. The monoisotopic (exact) mass is 340 g/mol. The first kappa shape index (κ1) is 18.5. The van der Waals surface area contributed by atoms with Crippen molar-refractivity contribution in [3.8, 4) is 0 Å². The van der Waals surface area contributed by atoms with E-state index in [1.165, 1.54) is 14.0 Å². The number of hydrazine groups is 1. The minimum Gasteiger partial charge on any atom is -0.453 e. The zero-order valence-electron chi connectivity index (χ0n) is 14.8. The molecule has 1 aliphatic carbocycles. The second-order valence-corrected chi connectivity index (χ2v) is 6.94. The molecule has 3 amide bonds. The average molecular weight is 340 g/mol. The van der Waals surface area contributed by atoms with Crippen molar-refractivity contribution in [2.45, 2.75) is 58.2 Å². The van der Waals surface area contributed by atoms with Crippen molar-refractivity contribution in [2.75, 3.05) is 13.7 Å². The van der Waals surface area contributed by atoms with E-state index in [1.54, 1.807) is 0 Å². The molecule has 3 N–H and O–H groups in total. The zero-order valence-corrected chi connectivity index (χ0v) is 14.8. The van der Waals surface area contributed by atoms with E-state index < -0.39 is 12.1 Å². The number of likely N-dealkylation sites (tertiary alicyclic amines) is 1. The van der Waals surface area contributed by atoms with Gasteiger partial charge >= 0.3 is 6.09 Å². The van der Waals surface area contributed by atoms with Crippen LogP contribution in [0.2, 0.25) is 0 Å². The van der Waals surface area contributed by atoms with Gasteiger partial charge in [0.05, 0.1) is 13.2 Å². The first-order valence-electron chi connectivity index (χ1n) is 8.52. The standard InChI is InChI=1S/C16H28N4O4/c1-9(2)13(17-16(23)24-4)15(22)20-8-7-11-5-6-12(14(11)20)19-18-10(3)21/h9,11-14,19H,5-8H2,1-4H3,(H,17,23)(H,18,21). The highest BCUT2D eigenvalue weighted by atomic mass is 16.5. The van der Waals surface area contributed by atoms with Crippen LogP contribution in [0.15, 0.2) is 0 Å². The lowest BCUT2D eigenvalue weighted by Crippen LogP contribution is -2.57. The number of fused-ring (bicyclic) bond motifs is 1. The summed E-state index contributed by atoms with van der Waals surface area (Å²) in [5, 5.41) is 2.65. The molecule has 0 spiro atoms. The van der Waals surface area contributed by atoms with Crippen molar-refractivity contribution in [2.24, 2.45) is 11.8 Å². The third-order valence-electron chi connectivity index (χ3n) is 4.95. The van der Waals surface area contributed by atoms with E-state index in [4.69, 9.17) is 0 Å². The number of rotatable bonds is 5. The quantitative estimate of drug-likeness (QED) is 0.629. The molecule has 0 aromatic rings. The number of ether oxygens (including phenoxy) is 1. The minimum atomic E-state index is -0.613. The van der Waals surface area contributed by atoms with Crippen LogP contribution in [0, 0.1) is 11.8 Å². The van der Waals surface area contributed by atoms with Crippen molar-refractivity contribution in [1.82, 2.24) is 21.1 Å². The Bertz CT molecular complexity index is 496. The summed E-state index contributed by atoms with van der Waals surface area (Å²) in [6.45, 7) is 5.92. The number of hydrogen-bond donors (Lipinski definition) is 3. The molecule has 2 rings (SSSR count). The highest BCUT2D eigenvalue weighted by Gasteiger charge is 2.47. The van der Waals surface area contributed by atoms with E-state index in [-0.39, 0.29) is 29.8 Å². The lowest BCUT2D eigenvalue weighted by molar-refractivity contribution is -0.135. The maximum atomic E-state index is 13.0. The third kappa shape index (κ3) is 3.98. The number of carbonyl (C=O) groups excluding carboxylic acids is 3. The molecular formula is C16H28N4O4. The Morgan fingerprint density at radius 2 is 1.88 bits per heavy atom. The molecule has 8 nitrogen and oxygen atoms in total. The van der Waals surface area contributed by atoms with Crippen LogP contribution in [0.5, 0.6) is 0 Å². The van der Waals surface area contributed by atoms with Crippen LogP contribution in [0.4, 0.5) is 4.79 Å². The van der Waals surface area contributed by atoms with Crippen LogP contribution >= 0.6 is 0 Å². The molecule has 4 atom stereocenters. The van der Waals surface area contributed by atoms with Crippen LogP contribution in [0.1, 0.15) is 40.0 Å². The Morgan fingerprint density at radius 1 is 1.17 bits per heavy atom. The molecule has 24 heavy (non-hydrogen) atoms. The molecule has 1 saturated heterocycles. The Hall–Kier alpha value is -1.83. The molecule has 136 valence electrons. The molecule has 0 aromatic carbocycles. The van der Waals surface area contributed by atoms with E-state index in [2.05, 4.69) is 20.9 Å². The second kappa shape index (κ2) is 7.83. The predicted octanol–water partition coefficient (Wildman–Crippen LogP) is 0.387. The van der Waals surface area contributed by atoms with E-state index in [1.807, 2.05) is 18.7 Å². The van der Waals surface area contributed by atoms with Crippen LogP contribution in [0.3, 0.4) is 0 Å². The molecule has 1 heterocycles. The smallest absolute Gasteiger partial charge is 0.407 e. The van der Waals surface area contributed by atoms with Gasteiger partial charge in [0.2, 0.25) is 11.8 Å². The third-order valence-corrected chi connectivity index (χ3v) is 4.95. The Balaban J connectivity index is 2.09. The van der Waals surface area contributed by atoms with Gasteiger partial charge in [-0.15, -0.1) is 0 Å². The fourth-order valence-electron chi connectivity index (χ4n) is 3.79. The fraction of sp³-hybridized carbons (Fsp3) is 0.812. The normalized spacial score (nSPS) is 26.9. The van der Waals surface area contributed by atoms with Crippen molar-refractivity contribution in [3.63, 3.8) is 0 Å². The highest BCUT2D eigenvalue weighted by molar-refractivity contribution is 5.86. The first-order valence-corrected chi connectivity index (χ1v) is 8.52. The van der Waals surface area contributed by atoms with E-state index in [9.17, 15) is 14.4 Å². The number of nitrogens with zero attached hydrogens (tertiary/aromatic N) is 1. The Kier molecular flexibility index (Phi) is 6.04. The molecular weight excluding hydrogens is 312 g/mol. The van der Waals surface area contributed by atoms with Gasteiger partial charge in [-0.2, -0.15) is 0 Å². The van der Waals surface area contributed by atoms with Gasteiger partial charge in [-0.1, -0.05) is 13.8 Å². The average Bonchev–Trinajstić information content (AvgIpc) is 3.11. The van der Waals surface area contributed by atoms with E-state index >= 15 is 0 Å². The molecule has 1 saturated carbocycles. The van der Waals surface area contributed by atoms with Gasteiger partial charge in [0, 0.05) is 19.5 Å². The summed E-state index contributed by atoms with van der Waals surface area (Å²) in [6, 6.07) is -0.528. The number of carbonyl (C=O) groups is 3. The maximum absolute atomic E-state index is 13.0. The zero-order chi connectivity index (χ0) is 17.9. The lowest BCUT2D eigenvalue weighted by atomic mass is 10.0. The number of amides is 3. The van der Waals surface area contributed by atoms with E-state index in [0.29, 0.717) is 12.5 Å². The summed E-state index contributed by atoms with van der Waals surface area (Å²) in [7, 11) is 1.29. The largest absolute Gasteiger partial charge is 0.453 e. The summed E-state index contributed by atoms with van der Waals surface area (Å²) < 4.78 is 4.64. The van der Waals surface area contributed by atoms with Crippen LogP contribution in [-0.2, 0) is 14.3 Å². The fourth-order valence-corrected chi connectivity index (χ4v) is 3.79. The van der Waals surface area contributed by atoms with E-state index in [0.717, 1.165) is 19.3 Å². The van der Waals surface area contributed by atoms with Crippen molar-refractivity contribution in [3.05, 3.63) is 0 Å². The molecule has 8 heteroatoms. The number of alkyl carbamates (subject to hydrolysis) is 1. The summed E-state index contributed by atoms with van der Waals surface area (Å²) in [5.74, 6) is 0.158. The Morgan fingerprint density at radius 3 is 2.46 bits per heavy atom. The molecule has 4 unspecified atom stereocenters. The van der Waals surface area contributed by atoms with Crippen LogP contribution in [0.25, 0.3) is 0 Å². The van der Waals surface area contributed by atoms with Gasteiger partial charge in [-0.3, -0.25) is 15.0 Å². The summed E-state index contributed by atoms with van der Waals surface area (Å²) >= 11 is 0. The summed E-state index contributed by atoms with van der Waals surface area (Å²) in [6.07, 6.45) is 2.30. The van der Waals surface area contributed by atoms with Gasteiger partial charge in [-0.25, -0.2) is 10.2 Å². The molecule has 2 fully saturated rings. The summed E-state index contributed by atoms with van der Waals surface area (Å²) in [4.78, 5) is 37.6. The topological polar surface area (TPSA) is 99.8 Å². The van der Waals surface area contributed by atoms with Gasteiger partial charge in [-0.05, 0) is 31.1 Å². The number of hydrogen-bond acceptors (Lipinski definition) is 5. The van der Waals surface area contributed by atoms with Crippen LogP contribution in [-0.4, -0.2) is 54.6 Å². The molecule has 0 bridgehead atoms. The van der Waals surface area contributed by atoms with Gasteiger partial charge in [0.15, 0.2) is 0 Å². The minimum absolute atomic E-state index is 0.0382. The van der Waals surface area contributed by atoms with Gasteiger partial charge in [0.25, 0.3) is 0 Å². The lowest BCUT2D eigenvalue weighted by Gasteiger charge is -2.33.